The maximum atomic E-state index is 10.8. The van der Waals surface area contributed by atoms with Gasteiger partial charge in [0.2, 0.25) is 0 Å². The van der Waals surface area contributed by atoms with E-state index in [9.17, 15) is 4.79 Å². The van der Waals surface area contributed by atoms with Gasteiger partial charge in [-0.2, -0.15) is 0 Å². The minimum Gasteiger partial charge on any atom is -0.303 e. The summed E-state index contributed by atoms with van der Waals surface area (Å²) in [5.41, 5.74) is 2.88. The molecule has 0 aliphatic rings. The van der Waals surface area contributed by atoms with Crippen molar-refractivity contribution in [3.05, 3.63) is 71.8 Å². The summed E-state index contributed by atoms with van der Waals surface area (Å²) in [4.78, 5) is 15.2. The molecule has 0 spiro atoms. The van der Waals surface area contributed by atoms with E-state index in [1.54, 1.807) is 6.07 Å². The topological polar surface area (TPSA) is 34.4 Å². The zero-order valence-corrected chi connectivity index (χ0v) is 9.78. The molecule has 2 aromatic heterocycles. The molecule has 3 aromatic rings. The third-order valence-electron chi connectivity index (χ3n) is 2.97. The summed E-state index contributed by atoms with van der Waals surface area (Å²) in [5, 5.41) is 0. The first-order chi connectivity index (χ1) is 8.86. The molecule has 0 saturated heterocycles. The number of nitrogens with zero attached hydrogens (tertiary/aromatic N) is 2. The number of rotatable bonds is 3. The van der Waals surface area contributed by atoms with Gasteiger partial charge < -0.3 is 4.40 Å². The zero-order valence-electron chi connectivity index (χ0n) is 9.78. The molecule has 88 valence electrons. The molecule has 18 heavy (non-hydrogen) atoms. The Morgan fingerprint density at radius 1 is 1.11 bits per heavy atom. The Morgan fingerprint density at radius 3 is 2.72 bits per heavy atom. The summed E-state index contributed by atoms with van der Waals surface area (Å²) >= 11 is 0. The monoisotopic (exact) mass is 236 g/mol. The van der Waals surface area contributed by atoms with Crippen molar-refractivity contribution in [1.82, 2.24) is 9.38 Å². The zero-order chi connectivity index (χ0) is 12.4. The van der Waals surface area contributed by atoms with Crippen LogP contribution in [0.2, 0.25) is 0 Å². The van der Waals surface area contributed by atoms with Gasteiger partial charge in [0.25, 0.3) is 0 Å². The molecule has 0 aliphatic carbocycles. The van der Waals surface area contributed by atoms with E-state index >= 15 is 0 Å². The highest BCUT2D eigenvalue weighted by Crippen LogP contribution is 2.12. The molecule has 0 fully saturated rings. The van der Waals surface area contributed by atoms with Gasteiger partial charge in [0.15, 0.2) is 6.29 Å². The van der Waals surface area contributed by atoms with Gasteiger partial charge in [0.05, 0.1) is 11.7 Å². The number of carbonyl (C=O) groups is 1. The summed E-state index contributed by atoms with van der Waals surface area (Å²) in [6.45, 7) is 0. The van der Waals surface area contributed by atoms with Gasteiger partial charge in [-0.1, -0.05) is 30.3 Å². The lowest BCUT2D eigenvalue weighted by Gasteiger charge is -2.02. The van der Waals surface area contributed by atoms with Crippen molar-refractivity contribution >= 4 is 11.8 Å². The maximum absolute atomic E-state index is 10.8. The Kier molecular flexibility index (Phi) is 2.65. The molecule has 0 aliphatic heterocycles. The Labute approximate surface area is 105 Å². The molecule has 3 heteroatoms. The molecule has 0 N–H and O–H groups in total. The van der Waals surface area contributed by atoms with Crippen LogP contribution in [-0.4, -0.2) is 15.7 Å². The van der Waals surface area contributed by atoms with Crippen LogP contribution >= 0.6 is 0 Å². The van der Waals surface area contributed by atoms with Crippen molar-refractivity contribution in [2.75, 3.05) is 0 Å². The SMILES string of the molecule is O=Cc1ccc2cnc(Cc3ccccc3)n2c1. The fourth-order valence-corrected chi connectivity index (χ4v) is 2.04. The van der Waals surface area contributed by atoms with Crippen LogP contribution in [0.15, 0.2) is 54.9 Å². The highest BCUT2D eigenvalue weighted by Gasteiger charge is 2.05. The van der Waals surface area contributed by atoms with E-state index in [0.717, 1.165) is 24.0 Å². The molecule has 2 heterocycles. The van der Waals surface area contributed by atoms with Gasteiger partial charge in [0.1, 0.15) is 5.82 Å². The van der Waals surface area contributed by atoms with Crippen LogP contribution in [0, 0.1) is 0 Å². The molecule has 3 rings (SSSR count). The molecular formula is C15H12N2O. The average molecular weight is 236 g/mol. The Morgan fingerprint density at radius 2 is 1.94 bits per heavy atom. The highest BCUT2D eigenvalue weighted by atomic mass is 16.1. The third-order valence-corrected chi connectivity index (χ3v) is 2.97. The van der Waals surface area contributed by atoms with Crippen LogP contribution in [-0.2, 0) is 6.42 Å². The number of hydrogen-bond donors (Lipinski definition) is 0. The molecule has 0 radical (unpaired) electrons. The second-order valence-electron chi connectivity index (χ2n) is 4.21. The van der Waals surface area contributed by atoms with Crippen LogP contribution in [0.1, 0.15) is 21.7 Å². The van der Waals surface area contributed by atoms with Gasteiger partial charge in [0, 0.05) is 18.2 Å². The Balaban J connectivity index is 2.04. The highest BCUT2D eigenvalue weighted by molar-refractivity contribution is 5.75. The van der Waals surface area contributed by atoms with Crippen molar-refractivity contribution in [3.63, 3.8) is 0 Å². The number of pyridine rings is 1. The molecule has 0 bridgehead atoms. The predicted molar refractivity (Wildman–Crippen MR) is 69.8 cm³/mol. The Hall–Kier alpha value is -2.42. The first-order valence-electron chi connectivity index (χ1n) is 5.82. The summed E-state index contributed by atoms with van der Waals surface area (Å²) in [7, 11) is 0. The molecule has 0 atom stereocenters. The lowest BCUT2D eigenvalue weighted by atomic mass is 10.1. The molecule has 3 nitrogen and oxygen atoms in total. The number of aromatic nitrogens is 2. The fourth-order valence-electron chi connectivity index (χ4n) is 2.04. The van der Waals surface area contributed by atoms with Crippen molar-refractivity contribution in [3.8, 4) is 0 Å². The minimum atomic E-state index is 0.662. The van der Waals surface area contributed by atoms with Gasteiger partial charge in [-0.15, -0.1) is 0 Å². The summed E-state index contributed by atoms with van der Waals surface area (Å²) < 4.78 is 1.97. The molecule has 0 amide bonds. The van der Waals surface area contributed by atoms with E-state index in [2.05, 4.69) is 17.1 Å². The van der Waals surface area contributed by atoms with Gasteiger partial charge >= 0.3 is 0 Å². The van der Waals surface area contributed by atoms with Crippen molar-refractivity contribution < 1.29 is 4.79 Å². The van der Waals surface area contributed by atoms with Crippen LogP contribution in [0.5, 0.6) is 0 Å². The molecule has 1 aromatic carbocycles. The lowest BCUT2D eigenvalue weighted by molar-refractivity contribution is 0.112. The van der Waals surface area contributed by atoms with Gasteiger partial charge in [-0.3, -0.25) is 4.79 Å². The summed E-state index contributed by atoms with van der Waals surface area (Å²) in [5.74, 6) is 0.944. The normalized spacial score (nSPS) is 10.7. The fraction of sp³-hybridized carbons (Fsp3) is 0.0667. The standard InChI is InChI=1S/C15H12N2O/c18-11-13-6-7-14-9-16-15(17(14)10-13)8-12-4-2-1-3-5-12/h1-7,9-11H,8H2. The number of hydrogen-bond acceptors (Lipinski definition) is 2. The second kappa shape index (κ2) is 4.45. The van der Waals surface area contributed by atoms with Crippen molar-refractivity contribution in [2.24, 2.45) is 0 Å². The van der Waals surface area contributed by atoms with Crippen molar-refractivity contribution in [1.29, 1.82) is 0 Å². The number of benzene rings is 1. The Bertz CT molecular complexity index is 686. The van der Waals surface area contributed by atoms with E-state index in [-0.39, 0.29) is 0 Å². The predicted octanol–water partition coefficient (Wildman–Crippen LogP) is 2.74. The quantitative estimate of drug-likeness (QED) is 0.655. The molecular weight excluding hydrogens is 224 g/mol. The molecule has 0 unspecified atom stereocenters. The van der Waals surface area contributed by atoms with Gasteiger partial charge in [-0.05, 0) is 17.7 Å². The van der Waals surface area contributed by atoms with Crippen LogP contribution < -0.4 is 0 Å². The second-order valence-corrected chi connectivity index (χ2v) is 4.21. The van der Waals surface area contributed by atoms with Crippen LogP contribution in [0.3, 0.4) is 0 Å². The first-order valence-corrected chi connectivity index (χ1v) is 5.82. The number of imidazole rings is 1. The average Bonchev–Trinajstić information content (AvgIpc) is 2.82. The largest absolute Gasteiger partial charge is 0.303 e. The van der Waals surface area contributed by atoms with Crippen LogP contribution in [0.25, 0.3) is 5.52 Å². The van der Waals surface area contributed by atoms with E-state index in [4.69, 9.17) is 0 Å². The number of aldehydes is 1. The van der Waals surface area contributed by atoms with E-state index in [1.807, 2.05) is 41.1 Å². The van der Waals surface area contributed by atoms with Crippen molar-refractivity contribution in [2.45, 2.75) is 6.42 Å². The lowest BCUT2D eigenvalue weighted by Crippen LogP contribution is -1.97. The van der Waals surface area contributed by atoms with E-state index in [1.165, 1.54) is 5.56 Å². The summed E-state index contributed by atoms with van der Waals surface area (Å²) in [6, 6.07) is 13.9. The summed E-state index contributed by atoms with van der Waals surface area (Å²) in [6.07, 6.45) is 5.27. The first kappa shape index (κ1) is 10.7. The number of carbonyl (C=O) groups excluding carboxylic acids is 1. The van der Waals surface area contributed by atoms with E-state index in [0.29, 0.717) is 5.56 Å². The third kappa shape index (κ3) is 1.91. The number of fused-ring (bicyclic) bond motifs is 1. The van der Waals surface area contributed by atoms with Gasteiger partial charge in [-0.25, -0.2) is 4.98 Å². The maximum Gasteiger partial charge on any atom is 0.151 e. The smallest absolute Gasteiger partial charge is 0.151 e. The minimum absolute atomic E-state index is 0.662. The van der Waals surface area contributed by atoms with Crippen LogP contribution in [0.4, 0.5) is 0 Å². The molecule has 0 saturated carbocycles. The van der Waals surface area contributed by atoms with E-state index < -0.39 is 0 Å².